The van der Waals surface area contributed by atoms with Crippen LogP contribution in [0.1, 0.15) is 13.8 Å². The number of nitrogens with one attached hydrogen (secondary N) is 1. The van der Waals surface area contributed by atoms with E-state index in [-0.39, 0.29) is 47.6 Å². The molecule has 2 aliphatic rings. The molecule has 2 amide bonds. The molecule has 198 valence electrons. The van der Waals surface area contributed by atoms with Gasteiger partial charge in [0.2, 0.25) is 5.91 Å². The maximum Gasteiger partial charge on any atom is 0.307 e. The molecule has 0 spiro atoms. The van der Waals surface area contributed by atoms with E-state index in [0.717, 1.165) is 17.1 Å². The van der Waals surface area contributed by atoms with Gasteiger partial charge in [0.15, 0.2) is 5.88 Å². The highest BCUT2D eigenvalue weighted by Crippen LogP contribution is 2.30. The fraction of sp³-hybridized carbons (Fsp3) is 0.333. The van der Waals surface area contributed by atoms with Crippen molar-refractivity contribution < 1.29 is 40.3 Å². The molecule has 0 atom stereocenters. The molecule has 0 aromatic heterocycles. The summed E-state index contributed by atoms with van der Waals surface area (Å²) in [6.07, 6.45) is 2.71. The van der Waals surface area contributed by atoms with Crippen LogP contribution in [0, 0.1) is 6.57 Å². The number of hydrogen-bond acceptors (Lipinski definition) is 9. The van der Waals surface area contributed by atoms with E-state index >= 15 is 0 Å². The van der Waals surface area contributed by atoms with Crippen LogP contribution in [0.25, 0.3) is 4.85 Å². The Bertz CT molecular complexity index is 1450. The van der Waals surface area contributed by atoms with E-state index < -0.39 is 43.3 Å². The van der Waals surface area contributed by atoms with Crippen LogP contribution in [0.3, 0.4) is 0 Å². The molecular weight excluding hydrogens is 530 g/mol. The lowest BCUT2D eigenvalue weighted by Crippen LogP contribution is -2.46. The zero-order valence-electron chi connectivity index (χ0n) is 19.7. The molecule has 0 unspecified atom stereocenters. The van der Waals surface area contributed by atoms with Gasteiger partial charge < -0.3 is 19.8 Å². The van der Waals surface area contributed by atoms with E-state index in [4.69, 9.17) is 20.4 Å². The monoisotopic (exact) mass is 553 g/mol. The third-order valence-corrected chi connectivity index (χ3v) is 6.88. The Balaban J connectivity index is 1.80. The summed E-state index contributed by atoms with van der Waals surface area (Å²) in [7, 11) is -8.65. The van der Waals surface area contributed by atoms with Gasteiger partial charge in [-0.2, -0.15) is 16.8 Å². The van der Waals surface area contributed by atoms with Crippen molar-refractivity contribution in [2.24, 2.45) is 5.10 Å². The van der Waals surface area contributed by atoms with E-state index in [9.17, 15) is 26.4 Å². The second-order valence-corrected chi connectivity index (χ2v) is 11.5. The smallest absolute Gasteiger partial charge is 0.307 e. The second-order valence-electron chi connectivity index (χ2n) is 8.53. The van der Waals surface area contributed by atoms with Crippen molar-refractivity contribution in [3.63, 3.8) is 0 Å². The van der Waals surface area contributed by atoms with Crippen molar-refractivity contribution in [2.75, 3.05) is 30.5 Å². The standard InChI is InChI=1S/C21H23N5O9S2/c1-21(2)13-35-18(25(21)12-17(27)23-10-11-36(29,30)31)9-8-16-19(22-3)24-26(20(16)28)14-4-6-15(7-5-14)37(32,33)34/h4-9H,10-13H2,1-2H3,(H,23,27)(H,29,30,31)(H,32,33,34). The molecule has 2 heterocycles. The molecule has 2 aliphatic heterocycles. The molecule has 3 N–H and O–H groups in total. The highest BCUT2D eigenvalue weighted by atomic mass is 32.2. The van der Waals surface area contributed by atoms with E-state index in [0.29, 0.717) is 0 Å². The van der Waals surface area contributed by atoms with Crippen LogP contribution in [0.5, 0.6) is 0 Å². The van der Waals surface area contributed by atoms with Gasteiger partial charge in [-0.1, -0.05) is 12.6 Å². The quantitative estimate of drug-likeness (QED) is 0.231. The normalized spacial score (nSPS) is 19.6. The number of nitrogens with zero attached hydrogens (tertiary/aromatic N) is 4. The van der Waals surface area contributed by atoms with Gasteiger partial charge in [-0.25, -0.2) is 0 Å². The first-order valence-electron chi connectivity index (χ1n) is 10.5. The minimum Gasteiger partial charge on any atom is -0.477 e. The molecule has 0 radical (unpaired) electrons. The number of hydrazone groups is 1. The van der Waals surface area contributed by atoms with Gasteiger partial charge in [-0.3, -0.25) is 18.7 Å². The minimum atomic E-state index is -4.43. The van der Waals surface area contributed by atoms with Crippen molar-refractivity contribution in [3.8, 4) is 0 Å². The number of rotatable bonds is 8. The summed E-state index contributed by atoms with van der Waals surface area (Å²) in [5.41, 5.74) is -0.551. The molecule has 16 heteroatoms. The molecule has 14 nitrogen and oxygen atoms in total. The Labute approximate surface area is 213 Å². The van der Waals surface area contributed by atoms with Crippen molar-refractivity contribution in [2.45, 2.75) is 24.3 Å². The van der Waals surface area contributed by atoms with Gasteiger partial charge in [0.25, 0.3) is 26.1 Å². The number of amides is 2. The molecule has 1 saturated heterocycles. The van der Waals surface area contributed by atoms with Gasteiger partial charge in [0.05, 0.1) is 27.4 Å². The Hall–Kier alpha value is -3.78. The summed E-state index contributed by atoms with van der Waals surface area (Å²) >= 11 is 0. The first-order valence-corrected chi connectivity index (χ1v) is 13.6. The number of carbonyl (C=O) groups excluding carboxylic acids is 2. The van der Waals surface area contributed by atoms with Crippen LogP contribution in [0.15, 0.2) is 57.9 Å². The largest absolute Gasteiger partial charge is 0.477 e. The summed E-state index contributed by atoms with van der Waals surface area (Å²) in [6, 6.07) is 4.67. The lowest BCUT2D eigenvalue weighted by molar-refractivity contribution is -0.122. The minimum absolute atomic E-state index is 0.0767. The number of allylic oxidation sites excluding steroid dienone is 2. The van der Waals surface area contributed by atoms with Crippen LogP contribution in [-0.4, -0.2) is 79.5 Å². The Morgan fingerprint density at radius 1 is 1.22 bits per heavy atom. The number of carbonyl (C=O) groups is 2. The lowest BCUT2D eigenvalue weighted by atomic mass is 10.1. The molecule has 0 bridgehead atoms. The van der Waals surface area contributed by atoms with E-state index in [1.54, 1.807) is 18.7 Å². The zero-order chi connectivity index (χ0) is 27.6. The number of ether oxygens (including phenoxy) is 1. The molecule has 3 rings (SSSR count). The maximum atomic E-state index is 13.0. The highest BCUT2D eigenvalue weighted by Gasteiger charge is 2.39. The maximum absolute atomic E-state index is 13.0. The second kappa shape index (κ2) is 10.3. The third-order valence-electron chi connectivity index (χ3n) is 5.29. The predicted octanol–water partition coefficient (Wildman–Crippen LogP) is 0.395. The first kappa shape index (κ1) is 27.8. The summed E-state index contributed by atoms with van der Waals surface area (Å²) in [4.78, 5) is 29.8. The average Bonchev–Trinajstić information content (AvgIpc) is 3.26. The molecule has 0 saturated carbocycles. The summed E-state index contributed by atoms with van der Waals surface area (Å²) in [6.45, 7) is 10.7. The van der Waals surface area contributed by atoms with Gasteiger partial charge in [-0.15, -0.1) is 5.01 Å². The fourth-order valence-corrected chi connectivity index (χ4v) is 4.21. The highest BCUT2D eigenvalue weighted by molar-refractivity contribution is 7.86. The van der Waals surface area contributed by atoms with Crippen LogP contribution in [0.4, 0.5) is 5.69 Å². The summed E-state index contributed by atoms with van der Waals surface area (Å²) < 4.78 is 67.7. The molecule has 1 aromatic carbocycles. The summed E-state index contributed by atoms with van der Waals surface area (Å²) in [5.74, 6) is -1.85. The molecular formula is C21H23N5O9S2. The van der Waals surface area contributed by atoms with Gasteiger partial charge >= 0.3 is 5.84 Å². The SMILES string of the molecule is [C-]#[N+]C1=NN(c2ccc(S(=O)(=O)O)cc2)C(=O)C1=CC=C1OCC(C)(C)N1CC(=O)NCCS(=O)(=O)O. The lowest BCUT2D eigenvalue weighted by Gasteiger charge is -2.29. The first-order chi connectivity index (χ1) is 17.1. The third kappa shape index (κ3) is 6.71. The Morgan fingerprint density at radius 3 is 2.43 bits per heavy atom. The predicted molar refractivity (Wildman–Crippen MR) is 130 cm³/mol. The molecule has 1 fully saturated rings. The average molecular weight is 554 g/mol. The van der Waals surface area contributed by atoms with Crippen LogP contribution in [-0.2, 0) is 34.6 Å². The van der Waals surface area contributed by atoms with E-state index in [2.05, 4.69) is 15.3 Å². The number of amidine groups is 1. The molecule has 0 aliphatic carbocycles. The van der Waals surface area contributed by atoms with Gasteiger partial charge in [0.1, 0.15) is 13.2 Å². The van der Waals surface area contributed by atoms with E-state index in [1.807, 2.05) is 0 Å². The van der Waals surface area contributed by atoms with Crippen LogP contribution in [0.2, 0.25) is 0 Å². The zero-order valence-corrected chi connectivity index (χ0v) is 21.3. The topological polar surface area (TPSA) is 187 Å². The van der Waals surface area contributed by atoms with Crippen molar-refractivity contribution >= 4 is 43.6 Å². The molecule has 1 aromatic rings. The molecule has 37 heavy (non-hydrogen) atoms. The Morgan fingerprint density at radius 2 is 1.86 bits per heavy atom. The van der Waals surface area contributed by atoms with E-state index in [1.165, 1.54) is 24.3 Å². The van der Waals surface area contributed by atoms with Gasteiger partial charge in [-0.05, 0) is 49.3 Å². The van der Waals surface area contributed by atoms with Gasteiger partial charge in [0, 0.05) is 6.54 Å². The fourth-order valence-electron chi connectivity index (χ4n) is 3.37. The van der Waals surface area contributed by atoms with Crippen LogP contribution >= 0.6 is 0 Å². The van der Waals surface area contributed by atoms with Crippen LogP contribution < -0.4 is 10.3 Å². The Kier molecular flexibility index (Phi) is 7.74. The summed E-state index contributed by atoms with van der Waals surface area (Å²) in [5, 5.41) is 7.27. The number of anilines is 1. The number of hydrogen-bond donors (Lipinski definition) is 3. The van der Waals surface area contributed by atoms with Crippen molar-refractivity contribution in [1.29, 1.82) is 0 Å². The number of benzene rings is 1. The van der Waals surface area contributed by atoms with Crippen molar-refractivity contribution in [1.82, 2.24) is 10.2 Å². The van der Waals surface area contributed by atoms with Crippen molar-refractivity contribution in [3.05, 3.63) is 59.3 Å².